The lowest BCUT2D eigenvalue weighted by atomic mass is 10.0. The van der Waals surface area contributed by atoms with E-state index in [-0.39, 0.29) is 17.2 Å². The third kappa shape index (κ3) is 3.28. The first kappa shape index (κ1) is 18.6. The zero-order valence-electron chi connectivity index (χ0n) is 15.9. The van der Waals surface area contributed by atoms with Crippen LogP contribution in [0.2, 0.25) is 0 Å². The minimum Gasteiger partial charge on any atom is -0.449 e. The third-order valence-corrected chi connectivity index (χ3v) is 4.59. The van der Waals surface area contributed by atoms with Crippen LogP contribution in [-0.2, 0) is 4.74 Å². The summed E-state index contributed by atoms with van der Waals surface area (Å²) >= 11 is 0. The van der Waals surface area contributed by atoms with Gasteiger partial charge in [-0.15, -0.1) is 0 Å². The van der Waals surface area contributed by atoms with Gasteiger partial charge in [-0.05, 0) is 52.3 Å². The van der Waals surface area contributed by atoms with Crippen LogP contribution in [-0.4, -0.2) is 38.0 Å². The minimum absolute atomic E-state index is 0.120. The molecule has 3 rings (SSSR count). The number of aromatic amines is 1. The van der Waals surface area contributed by atoms with Gasteiger partial charge >= 0.3 is 5.97 Å². The zero-order valence-corrected chi connectivity index (χ0v) is 15.9. The second-order valence-corrected chi connectivity index (χ2v) is 6.61. The maximum Gasteiger partial charge on any atom is 0.359 e. The molecule has 0 fully saturated rings. The first-order chi connectivity index (χ1) is 12.7. The predicted octanol–water partition coefficient (Wildman–Crippen LogP) is 3.22. The normalized spacial score (nSPS) is 12.2. The molecule has 3 aromatic rings. The Bertz CT molecular complexity index is 1070. The Morgan fingerprint density at radius 3 is 2.48 bits per heavy atom. The monoisotopic (exact) mass is 367 g/mol. The number of hydrogen-bond donors (Lipinski definition) is 1. The number of hydrogen-bond acceptors (Lipinski definition) is 5. The summed E-state index contributed by atoms with van der Waals surface area (Å²) in [7, 11) is 0. The van der Waals surface area contributed by atoms with Crippen molar-refractivity contribution < 1.29 is 19.1 Å². The number of esters is 1. The first-order valence-electron chi connectivity index (χ1n) is 8.60. The molecule has 1 N–H and O–H groups in total. The summed E-state index contributed by atoms with van der Waals surface area (Å²) in [5, 5.41) is 0. The van der Waals surface area contributed by atoms with Crippen molar-refractivity contribution in [2.45, 2.75) is 40.7 Å². The Labute approximate surface area is 156 Å². The second-order valence-electron chi connectivity index (χ2n) is 6.61. The van der Waals surface area contributed by atoms with E-state index in [0.29, 0.717) is 22.5 Å². The smallest absolute Gasteiger partial charge is 0.359 e. The Morgan fingerprint density at radius 2 is 1.89 bits per heavy atom. The van der Waals surface area contributed by atoms with Crippen molar-refractivity contribution in [1.29, 1.82) is 0 Å². The van der Waals surface area contributed by atoms with Gasteiger partial charge in [-0.1, -0.05) is 6.07 Å². The molecule has 3 aromatic heterocycles. The Hall–Kier alpha value is -3.22. The van der Waals surface area contributed by atoms with Crippen LogP contribution in [0, 0.1) is 20.8 Å². The average Bonchev–Trinajstić information content (AvgIpc) is 3.16. The fourth-order valence-electron chi connectivity index (χ4n) is 3.25. The maximum atomic E-state index is 12.7. The molecule has 0 aromatic carbocycles. The SMILES string of the molecule is CC(=O)c1c(C)[nH]c(C(=O)[C@H](C)OC(=O)c2cn3c(C)cccc3n2)c1C. The number of rotatable bonds is 5. The van der Waals surface area contributed by atoms with E-state index in [1.807, 2.05) is 19.1 Å². The molecule has 7 heteroatoms. The molecule has 0 unspecified atom stereocenters. The molecule has 3 heterocycles. The fourth-order valence-corrected chi connectivity index (χ4v) is 3.25. The van der Waals surface area contributed by atoms with Gasteiger partial charge in [0.2, 0.25) is 5.78 Å². The van der Waals surface area contributed by atoms with Crippen LogP contribution in [0.1, 0.15) is 62.1 Å². The highest BCUT2D eigenvalue weighted by molar-refractivity contribution is 6.05. The van der Waals surface area contributed by atoms with Gasteiger partial charge < -0.3 is 14.1 Å². The van der Waals surface area contributed by atoms with E-state index in [4.69, 9.17) is 4.74 Å². The number of carbonyl (C=O) groups is 3. The summed E-state index contributed by atoms with van der Waals surface area (Å²) in [6, 6.07) is 5.54. The molecule has 0 spiro atoms. The molecule has 1 atom stereocenters. The molecule has 27 heavy (non-hydrogen) atoms. The van der Waals surface area contributed by atoms with Crippen LogP contribution < -0.4 is 0 Å². The lowest BCUT2D eigenvalue weighted by Crippen LogP contribution is -2.25. The van der Waals surface area contributed by atoms with Crippen LogP contribution in [0.4, 0.5) is 0 Å². The quantitative estimate of drug-likeness (QED) is 0.552. The predicted molar refractivity (Wildman–Crippen MR) is 99.4 cm³/mol. The fraction of sp³-hybridized carbons (Fsp3) is 0.300. The Balaban J connectivity index is 1.82. The second kappa shape index (κ2) is 6.83. The highest BCUT2D eigenvalue weighted by Gasteiger charge is 2.27. The van der Waals surface area contributed by atoms with Crippen LogP contribution in [0.25, 0.3) is 5.65 Å². The number of nitrogens with zero attached hydrogens (tertiary/aromatic N) is 2. The van der Waals surface area contributed by atoms with Crippen LogP contribution in [0.15, 0.2) is 24.4 Å². The lowest BCUT2D eigenvalue weighted by molar-refractivity contribution is 0.0312. The molecule has 0 saturated carbocycles. The van der Waals surface area contributed by atoms with Crippen molar-refractivity contribution in [1.82, 2.24) is 14.4 Å². The van der Waals surface area contributed by atoms with Gasteiger partial charge in [0.05, 0.1) is 5.69 Å². The minimum atomic E-state index is -1.01. The van der Waals surface area contributed by atoms with Gasteiger partial charge in [0.1, 0.15) is 5.65 Å². The summed E-state index contributed by atoms with van der Waals surface area (Å²) in [6.07, 6.45) is 0.571. The molecule has 0 radical (unpaired) electrons. The molecule has 0 aliphatic rings. The maximum absolute atomic E-state index is 12.7. The van der Waals surface area contributed by atoms with Gasteiger partial charge in [-0.2, -0.15) is 0 Å². The number of Topliss-reactive ketones (excluding diaryl/α,β-unsaturated/α-hetero) is 2. The molecule has 0 bridgehead atoms. The molecule has 0 amide bonds. The highest BCUT2D eigenvalue weighted by Crippen LogP contribution is 2.21. The van der Waals surface area contributed by atoms with E-state index < -0.39 is 17.9 Å². The molecular weight excluding hydrogens is 346 g/mol. The number of imidazole rings is 1. The van der Waals surface area contributed by atoms with E-state index in [0.717, 1.165) is 5.69 Å². The lowest BCUT2D eigenvalue weighted by Gasteiger charge is -2.11. The molecule has 0 saturated heterocycles. The molecule has 140 valence electrons. The Morgan fingerprint density at radius 1 is 1.19 bits per heavy atom. The van der Waals surface area contributed by atoms with Crippen molar-refractivity contribution in [3.05, 3.63) is 58.3 Å². The standard InChI is InChI=1S/C20H21N3O4/c1-10-7-6-8-16-22-15(9-23(10)16)20(26)27-14(5)19(25)18-11(2)17(13(4)24)12(3)21-18/h6-9,14,21H,1-5H3/t14-/m0/s1. The number of nitrogens with one attached hydrogen (secondary N) is 1. The van der Waals surface area contributed by atoms with Gasteiger partial charge in [-0.25, -0.2) is 9.78 Å². The zero-order chi connectivity index (χ0) is 19.9. The topological polar surface area (TPSA) is 93.5 Å². The largest absolute Gasteiger partial charge is 0.449 e. The number of H-pyrrole nitrogens is 1. The summed E-state index contributed by atoms with van der Waals surface area (Å²) in [5.41, 5.74) is 3.65. The van der Waals surface area contributed by atoms with Crippen molar-refractivity contribution in [3.8, 4) is 0 Å². The van der Waals surface area contributed by atoms with Crippen LogP contribution >= 0.6 is 0 Å². The molecule has 7 nitrogen and oxygen atoms in total. The number of fused-ring (bicyclic) bond motifs is 1. The van der Waals surface area contributed by atoms with E-state index in [1.165, 1.54) is 13.8 Å². The van der Waals surface area contributed by atoms with Gasteiger partial charge in [0, 0.05) is 23.1 Å². The molecular formula is C20H21N3O4. The van der Waals surface area contributed by atoms with Crippen molar-refractivity contribution in [2.24, 2.45) is 0 Å². The van der Waals surface area contributed by atoms with E-state index in [9.17, 15) is 14.4 Å². The summed E-state index contributed by atoms with van der Waals surface area (Å²) in [6.45, 7) is 8.29. The first-order valence-corrected chi connectivity index (χ1v) is 8.60. The van der Waals surface area contributed by atoms with Crippen LogP contribution in [0.5, 0.6) is 0 Å². The number of ether oxygens (including phenoxy) is 1. The van der Waals surface area contributed by atoms with E-state index >= 15 is 0 Å². The van der Waals surface area contributed by atoms with E-state index in [2.05, 4.69) is 9.97 Å². The van der Waals surface area contributed by atoms with Crippen LogP contribution in [0.3, 0.4) is 0 Å². The summed E-state index contributed by atoms with van der Waals surface area (Å²) in [5.74, 6) is -1.19. The van der Waals surface area contributed by atoms with E-state index in [1.54, 1.807) is 30.5 Å². The third-order valence-electron chi connectivity index (χ3n) is 4.59. The number of carbonyl (C=O) groups excluding carboxylic acids is 3. The van der Waals surface area contributed by atoms with Gasteiger partial charge in [0.25, 0.3) is 0 Å². The number of aromatic nitrogens is 3. The Kier molecular flexibility index (Phi) is 4.70. The summed E-state index contributed by atoms with van der Waals surface area (Å²) < 4.78 is 7.10. The number of ketones is 2. The average molecular weight is 367 g/mol. The highest BCUT2D eigenvalue weighted by atomic mass is 16.5. The molecule has 0 aliphatic heterocycles. The van der Waals surface area contributed by atoms with Gasteiger partial charge in [0.15, 0.2) is 17.6 Å². The van der Waals surface area contributed by atoms with Crippen molar-refractivity contribution >= 4 is 23.2 Å². The van der Waals surface area contributed by atoms with Crippen molar-refractivity contribution in [2.75, 3.05) is 0 Å². The number of aryl methyl sites for hydroxylation is 2. The summed E-state index contributed by atoms with van der Waals surface area (Å²) in [4.78, 5) is 44.0. The number of pyridine rings is 1. The van der Waals surface area contributed by atoms with Gasteiger partial charge in [-0.3, -0.25) is 9.59 Å². The van der Waals surface area contributed by atoms with Crippen molar-refractivity contribution in [3.63, 3.8) is 0 Å². The molecule has 0 aliphatic carbocycles.